The molecule has 2 aromatic heterocycles. The highest BCUT2D eigenvalue weighted by atomic mass is 16.6. The van der Waals surface area contributed by atoms with Gasteiger partial charge in [-0.2, -0.15) is 4.98 Å². The number of fused-ring (bicyclic) bond motifs is 1. The number of H-pyrrole nitrogens is 1. The number of nitro benzene ring substituents is 1. The van der Waals surface area contributed by atoms with Gasteiger partial charge < -0.3 is 9.51 Å². The van der Waals surface area contributed by atoms with Gasteiger partial charge in [-0.3, -0.25) is 14.9 Å². The molecule has 1 saturated carbocycles. The lowest BCUT2D eigenvalue weighted by atomic mass is 10.1. The van der Waals surface area contributed by atoms with Gasteiger partial charge in [-0.15, -0.1) is 0 Å². The van der Waals surface area contributed by atoms with Crippen LogP contribution >= 0.6 is 0 Å². The summed E-state index contributed by atoms with van der Waals surface area (Å²) in [7, 11) is 0. The fourth-order valence-electron chi connectivity index (χ4n) is 3.23. The molecule has 1 aliphatic carbocycles. The Hall–Kier alpha value is -3.03. The molecule has 0 amide bonds. The molecule has 0 bridgehead atoms. The molecule has 1 aliphatic rings. The van der Waals surface area contributed by atoms with Crippen molar-refractivity contribution in [3.63, 3.8) is 0 Å². The average molecular weight is 326 g/mol. The van der Waals surface area contributed by atoms with Crippen molar-refractivity contribution in [1.82, 2.24) is 15.1 Å². The number of aromatic nitrogens is 3. The van der Waals surface area contributed by atoms with Crippen molar-refractivity contribution in [3.05, 3.63) is 50.6 Å². The first-order valence-corrected chi connectivity index (χ1v) is 7.77. The number of hydrogen-bond acceptors (Lipinski definition) is 6. The van der Waals surface area contributed by atoms with E-state index in [0.717, 1.165) is 25.7 Å². The average Bonchev–Trinajstić information content (AvgIpc) is 3.24. The van der Waals surface area contributed by atoms with Gasteiger partial charge >= 0.3 is 0 Å². The summed E-state index contributed by atoms with van der Waals surface area (Å²) in [6, 6.07) is 5.59. The molecule has 1 aromatic carbocycles. The van der Waals surface area contributed by atoms with Crippen LogP contribution in [0.4, 0.5) is 5.69 Å². The third-order valence-electron chi connectivity index (χ3n) is 4.43. The lowest BCUT2D eigenvalue weighted by molar-refractivity contribution is -0.384. The first-order valence-electron chi connectivity index (χ1n) is 7.77. The van der Waals surface area contributed by atoms with E-state index in [1.54, 1.807) is 0 Å². The molecular formula is C16H14N4O4. The number of aromatic amines is 1. The highest BCUT2D eigenvalue weighted by Crippen LogP contribution is 2.34. The smallest absolute Gasteiger partial charge is 0.270 e. The van der Waals surface area contributed by atoms with Gasteiger partial charge in [0, 0.05) is 35.0 Å². The Labute approximate surface area is 135 Å². The van der Waals surface area contributed by atoms with Gasteiger partial charge in [0.15, 0.2) is 5.82 Å². The summed E-state index contributed by atoms with van der Waals surface area (Å²) >= 11 is 0. The van der Waals surface area contributed by atoms with Crippen LogP contribution in [0.3, 0.4) is 0 Å². The maximum absolute atomic E-state index is 11.9. The standard InChI is InChI=1S/C16H14N4O4/c21-14-8-12(11-7-10(20(22)23)5-6-13(11)17-14)16-18-15(19-24-16)9-3-1-2-4-9/h5-9H,1-4H2,(H,17,21). The van der Waals surface area contributed by atoms with Gasteiger partial charge in [-0.1, -0.05) is 18.0 Å². The zero-order valence-corrected chi connectivity index (χ0v) is 12.7. The van der Waals surface area contributed by atoms with Crippen LogP contribution in [0.5, 0.6) is 0 Å². The summed E-state index contributed by atoms with van der Waals surface area (Å²) in [4.78, 5) is 29.5. The second kappa shape index (κ2) is 5.55. The molecule has 0 unspecified atom stereocenters. The van der Waals surface area contributed by atoms with E-state index >= 15 is 0 Å². The minimum Gasteiger partial charge on any atom is -0.334 e. The normalized spacial score (nSPS) is 15.2. The SMILES string of the molecule is O=c1cc(-c2nc(C3CCCC3)no2)c2cc([N+](=O)[O-])ccc2[nH]1. The van der Waals surface area contributed by atoms with Crippen molar-refractivity contribution in [2.24, 2.45) is 0 Å². The van der Waals surface area contributed by atoms with Crippen LogP contribution in [0.2, 0.25) is 0 Å². The van der Waals surface area contributed by atoms with Gasteiger partial charge in [0.25, 0.3) is 11.6 Å². The monoisotopic (exact) mass is 326 g/mol. The van der Waals surface area contributed by atoms with E-state index in [-0.39, 0.29) is 23.1 Å². The van der Waals surface area contributed by atoms with E-state index in [9.17, 15) is 14.9 Å². The zero-order chi connectivity index (χ0) is 16.7. The minimum atomic E-state index is -0.480. The zero-order valence-electron chi connectivity index (χ0n) is 12.7. The quantitative estimate of drug-likeness (QED) is 0.584. The number of pyridine rings is 1. The molecule has 4 rings (SSSR count). The predicted octanol–water partition coefficient (Wildman–Crippen LogP) is 3.14. The van der Waals surface area contributed by atoms with E-state index in [2.05, 4.69) is 15.1 Å². The summed E-state index contributed by atoms with van der Waals surface area (Å²) < 4.78 is 5.34. The van der Waals surface area contributed by atoms with E-state index in [0.29, 0.717) is 22.3 Å². The first-order chi connectivity index (χ1) is 11.6. The lowest BCUT2D eigenvalue weighted by Gasteiger charge is -2.02. The Morgan fingerprint density at radius 1 is 1.25 bits per heavy atom. The Morgan fingerprint density at radius 2 is 2.04 bits per heavy atom. The Kier molecular flexibility index (Phi) is 3.37. The second-order valence-corrected chi connectivity index (χ2v) is 5.97. The summed E-state index contributed by atoms with van der Waals surface area (Å²) in [5.74, 6) is 1.14. The summed E-state index contributed by atoms with van der Waals surface area (Å²) in [6.07, 6.45) is 4.35. The van der Waals surface area contributed by atoms with Gasteiger partial charge in [-0.05, 0) is 18.9 Å². The van der Waals surface area contributed by atoms with Crippen molar-refractivity contribution in [2.75, 3.05) is 0 Å². The minimum absolute atomic E-state index is 0.0636. The molecule has 0 spiro atoms. The molecular weight excluding hydrogens is 312 g/mol. The number of nitrogens with one attached hydrogen (secondary N) is 1. The van der Waals surface area contributed by atoms with Crippen LogP contribution in [-0.2, 0) is 0 Å². The highest BCUT2D eigenvalue weighted by molar-refractivity contribution is 5.93. The number of hydrogen-bond donors (Lipinski definition) is 1. The molecule has 2 heterocycles. The molecule has 122 valence electrons. The topological polar surface area (TPSA) is 115 Å². The van der Waals surface area contributed by atoms with Crippen LogP contribution in [0.25, 0.3) is 22.4 Å². The fraction of sp³-hybridized carbons (Fsp3) is 0.312. The van der Waals surface area contributed by atoms with Gasteiger partial charge in [-0.25, -0.2) is 0 Å². The molecule has 8 heteroatoms. The summed E-state index contributed by atoms with van der Waals surface area (Å²) in [5.41, 5.74) is 0.510. The van der Waals surface area contributed by atoms with E-state index < -0.39 is 4.92 Å². The van der Waals surface area contributed by atoms with Gasteiger partial charge in [0.1, 0.15) is 0 Å². The summed E-state index contributed by atoms with van der Waals surface area (Å²) in [5, 5.41) is 15.6. The molecule has 3 aromatic rings. The molecule has 0 saturated heterocycles. The maximum atomic E-state index is 11.9. The number of rotatable bonds is 3. The summed E-state index contributed by atoms with van der Waals surface area (Å²) in [6.45, 7) is 0. The van der Waals surface area contributed by atoms with Crippen LogP contribution in [0.1, 0.15) is 37.4 Å². The van der Waals surface area contributed by atoms with Crippen molar-refractivity contribution < 1.29 is 9.45 Å². The highest BCUT2D eigenvalue weighted by Gasteiger charge is 2.23. The van der Waals surface area contributed by atoms with Gasteiger partial charge in [0.2, 0.25) is 5.56 Å². The Morgan fingerprint density at radius 3 is 2.79 bits per heavy atom. The first kappa shape index (κ1) is 14.6. The predicted molar refractivity (Wildman–Crippen MR) is 85.7 cm³/mol. The lowest BCUT2D eigenvalue weighted by Crippen LogP contribution is -2.05. The van der Waals surface area contributed by atoms with E-state index in [4.69, 9.17) is 4.52 Å². The molecule has 0 aliphatic heterocycles. The van der Waals surface area contributed by atoms with Gasteiger partial charge in [0.05, 0.1) is 10.5 Å². The molecule has 24 heavy (non-hydrogen) atoms. The van der Waals surface area contributed by atoms with Crippen LogP contribution in [0, 0.1) is 10.1 Å². The molecule has 1 fully saturated rings. The molecule has 8 nitrogen and oxygen atoms in total. The third-order valence-corrected chi connectivity index (χ3v) is 4.43. The second-order valence-electron chi connectivity index (χ2n) is 5.97. The Balaban J connectivity index is 1.87. The van der Waals surface area contributed by atoms with Crippen LogP contribution < -0.4 is 5.56 Å². The fourth-order valence-corrected chi connectivity index (χ4v) is 3.23. The molecule has 0 atom stereocenters. The molecule has 0 radical (unpaired) electrons. The van der Waals surface area contributed by atoms with Crippen LogP contribution in [-0.4, -0.2) is 20.0 Å². The van der Waals surface area contributed by atoms with E-state index in [1.165, 1.54) is 24.3 Å². The van der Waals surface area contributed by atoms with Crippen LogP contribution in [0.15, 0.2) is 33.6 Å². The number of non-ortho nitro benzene ring substituents is 1. The Bertz CT molecular complexity index is 985. The molecule has 1 N–H and O–H groups in total. The van der Waals surface area contributed by atoms with E-state index in [1.807, 2.05) is 0 Å². The van der Waals surface area contributed by atoms with Crippen molar-refractivity contribution >= 4 is 16.6 Å². The maximum Gasteiger partial charge on any atom is 0.270 e. The van der Waals surface area contributed by atoms with Crippen molar-refractivity contribution in [2.45, 2.75) is 31.6 Å². The largest absolute Gasteiger partial charge is 0.334 e. The number of nitro groups is 1. The van der Waals surface area contributed by atoms with Crippen molar-refractivity contribution in [3.8, 4) is 11.5 Å². The number of benzene rings is 1. The number of nitrogens with zero attached hydrogens (tertiary/aromatic N) is 3. The van der Waals surface area contributed by atoms with Crippen molar-refractivity contribution in [1.29, 1.82) is 0 Å². The third kappa shape index (κ3) is 2.45.